The zero-order chi connectivity index (χ0) is 21.6. The van der Waals surface area contributed by atoms with Crippen molar-refractivity contribution in [3.63, 3.8) is 0 Å². The van der Waals surface area contributed by atoms with E-state index in [2.05, 4.69) is 20.4 Å². The SMILES string of the molecule is CC(C)C(NC(=O)CCc1ccc2c(c1)OCCCO2)c1nc(-c2ccncc2)no1. The minimum Gasteiger partial charge on any atom is -0.490 e. The lowest BCUT2D eigenvalue weighted by Crippen LogP contribution is -2.32. The van der Waals surface area contributed by atoms with Gasteiger partial charge in [-0.15, -0.1) is 0 Å². The molecule has 1 N–H and O–H groups in total. The monoisotopic (exact) mass is 422 g/mol. The van der Waals surface area contributed by atoms with E-state index >= 15 is 0 Å². The van der Waals surface area contributed by atoms with E-state index in [1.807, 2.05) is 44.2 Å². The number of benzene rings is 1. The highest BCUT2D eigenvalue weighted by molar-refractivity contribution is 5.76. The van der Waals surface area contributed by atoms with Gasteiger partial charge in [-0.3, -0.25) is 9.78 Å². The van der Waals surface area contributed by atoms with Crippen molar-refractivity contribution in [2.24, 2.45) is 5.92 Å². The molecular weight excluding hydrogens is 396 g/mol. The van der Waals surface area contributed by atoms with Crippen molar-refractivity contribution < 1.29 is 18.8 Å². The number of aromatic nitrogens is 3. The highest BCUT2D eigenvalue weighted by atomic mass is 16.5. The van der Waals surface area contributed by atoms with Crippen molar-refractivity contribution >= 4 is 5.91 Å². The van der Waals surface area contributed by atoms with Gasteiger partial charge in [0.25, 0.3) is 0 Å². The molecule has 0 saturated heterocycles. The Morgan fingerprint density at radius 3 is 2.65 bits per heavy atom. The average molecular weight is 422 g/mol. The number of nitrogens with zero attached hydrogens (tertiary/aromatic N) is 3. The Labute approximate surface area is 181 Å². The number of rotatable bonds is 7. The van der Waals surface area contributed by atoms with Gasteiger partial charge in [0.15, 0.2) is 11.5 Å². The molecule has 1 amide bonds. The summed E-state index contributed by atoms with van der Waals surface area (Å²) in [7, 11) is 0. The van der Waals surface area contributed by atoms with Gasteiger partial charge in [-0.05, 0) is 42.2 Å². The van der Waals surface area contributed by atoms with Crippen molar-refractivity contribution in [3.05, 3.63) is 54.2 Å². The van der Waals surface area contributed by atoms with Crippen molar-refractivity contribution in [3.8, 4) is 22.9 Å². The number of ether oxygens (including phenoxy) is 2. The van der Waals surface area contributed by atoms with Crippen LogP contribution in [0.4, 0.5) is 0 Å². The van der Waals surface area contributed by atoms with Gasteiger partial charge in [0.05, 0.1) is 13.2 Å². The number of pyridine rings is 1. The molecule has 1 aliphatic heterocycles. The van der Waals surface area contributed by atoms with Crippen LogP contribution in [0.3, 0.4) is 0 Å². The fourth-order valence-electron chi connectivity index (χ4n) is 3.36. The van der Waals surface area contributed by atoms with Crippen molar-refractivity contribution in [1.29, 1.82) is 0 Å². The first-order valence-corrected chi connectivity index (χ1v) is 10.5. The number of aryl methyl sites for hydroxylation is 1. The summed E-state index contributed by atoms with van der Waals surface area (Å²) in [6.45, 7) is 5.30. The molecule has 2 aromatic heterocycles. The molecule has 162 valence electrons. The summed E-state index contributed by atoms with van der Waals surface area (Å²) < 4.78 is 16.8. The van der Waals surface area contributed by atoms with E-state index in [9.17, 15) is 4.79 Å². The van der Waals surface area contributed by atoms with Crippen LogP contribution < -0.4 is 14.8 Å². The second-order valence-corrected chi connectivity index (χ2v) is 7.81. The molecule has 0 fully saturated rings. The molecule has 1 unspecified atom stereocenters. The van der Waals surface area contributed by atoms with Crippen LogP contribution >= 0.6 is 0 Å². The zero-order valence-corrected chi connectivity index (χ0v) is 17.7. The summed E-state index contributed by atoms with van der Waals surface area (Å²) in [4.78, 5) is 21.1. The fourth-order valence-corrected chi connectivity index (χ4v) is 3.36. The van der Waals surface area contributed by atoms with Gasteiger partial charge in [0, 0.05) is 30.8 Å². The maximum Gasteiger partial charge on any atom is 0.249 e. The molecule has 3 heterocycles. The second-order valence-electron chi connectivity index (χ2n) is 7.81. The molecule has 0 radical (unpaired) electrons. The van der Waals surface area contributed by atoms with Gasteiger partial charge in [-0.2, -0.15) is 4.98 Å². The number of carbonyl (C=O) groups is 1. The van der Waals surface area contributed by atoms with Gasteiger partial charge < -0.3 is 19.3 Å². The van der Waals surface area contributed by atoms with Gasteiger partial charge >= 0.3 is 0 Å². The van der Waals surface area contributed by atoms with Crippen LogP contribution in [0.1, 0.15) is 44.2 Å². The minimum absolute atomic E-state index is 0.0746. The average Bonchev–Trinajstić information content (AvgIpc) is 3.15. The predicted octanol–water partition coefficient (Wildman–Crippen LogP) is 3.74. The Bertz CT molecular complexity index is 1020. The largest absolute Gasteiger partial charge is 0.490 e. The highest BCUT2D eigenvalue weighted by Crippen LogP contribution is 2.31. The molecule has 0 spiro atoms. The van der Waals surface area contributed by atoms with Crippen LogP contribution in [-0.2, 0) is 11.2 Å². The van der Waals surface area contributed by atoms with Crippen LogP contribution in [0, 0.1) is 5.92 Å². The quantitative estimate of drug-likeness (QED) is 0.619. The van der Waals surface area contributed by atoms with Gasteiger partial charge in [0.2, 0.25) is 17.6 Å². The Morgan fingerprint density at radius 1 is 1.10 bits per heavy atom. The third kappa shape index (κ3) is 5.20. The van der Waals surface area contributed by atoms with Crippen LogP contribution in [-0.4, -0.2) is 34.2 Å². The normalized spacial score (nSPS) is 14.2. The van der Waals surface area contributed by atoms with Crippen LogP contribution in [0.15, 0.2) is 47.2 Å². The second kappa shape index (κ2) is 9.59. The lowest BCUT2D eigenvalue weighted by molar-refractivity contribution is -0.122. The molecule has 0 bridgehead atoms. The molecule has 1 atom stereocenters. The minimum atomic E-state index is -0.362. The van der Waals surface area contributed by atoms with Crippen molar-refractivity contribution in [1.82, 2.24) is 20.4 Å². The van der Waals surface area contributed by atoms with E-state index < -0.39 is 0 Å². The number of carbonyl (C=O) groups excluding carboxylic acids is 1. The zero-order valence-electron chi connectivity index (χ0n) is 17.7. The lowest BCUT2D eigenvalue weighted by atomic mass is 10.0. The maximum atomic E-state index is 12.7. The smallest absolute Gasteiger partial charge is 0.249 e. The van der Waals surface area contributed by atoms with Crippen LogP contribution in [0.2, 0.25) is 0 Å². The molecule has 3 aromatic rings. The van der Waals surface area contributed by atoms with Gasteiger partial charge in [-0.25, -0.2) is 0 Å². The predicted molar refractivity (Wildman–Crippen MR) is 114 cm³/mol. The Kier molecular flexibility index (Phi) is 6.45. The third-order valence-electron chi connectivity index (χ3n) is 5.08. The number of fused-ring (bicyclic) bond motifs is 1. The molecule has 8 heteroatoms. The van der Waals surface area contributed by atoms with Crippen molar-refractivity contribution in [2.75, 3.05) is 13.2 Å². The van der Waals surface area contributed by atoms with Gasteiger partial charge in [-0.1, -0.05) is 25.1 Å². The summed E-state index contributed by atoms with van der Waals surface area (Å²) in [5, 5.41) is 7.08. The topological polar surface area (TPSA) is 99.4 Å². The number of nitrogens with one attached hydrogen (secondary N) is 1. The lowest BCUT2D eigenvalue weighted by Gasteiger charge is -2.18. The standard InChI is InChI=1S/C23H26N4O4/c1-15(2)21(23-26-22(27-31-23)17-8-10-24-11-9-17)25-20(28)7-5-16-4-6-18-19(14-16)30-13-3-12-29-18/h4,6,8-11,14-15,21H,3,5,7,12-13H2,1-2H3,(H,25,28). The Balaban J connectivity index is 1.38. The van der Waals surface area contributed by atoms with Crippen LogP contribution in [0.5, 0.6) is 11.5 Å². The van der Waals surface area contributed by atoms with E-state index in [4.69, 9.17) is 14.0 Å². The number of hydrogen-bond donors (Lipinski definition) is 1. The van der Waals surface area contributed by atoms with E-state index in [1.54, 1.807) is 12.4 Å². The summed E-state index contributed by atoms with van der Waals surface area (Å²) in [5.74, 6) is 2.38. The van der Waals surface area contributed by atoms with E-state index in [1.165, 1.54) is 0 Å². The molecule has 8 nitrogen and oxygen atoms in total. The molecule has 0 aliphatic carbocycles. The van der Waals surface area contributed by atoms with E-state index in [0.717, 1.165) is 29.0 Å². The Hall–Kier alpha value is -3.42. The molecule has 1 aliphatic rings. The first kappa shape index (κ1) is 20.8. The van der Waals surface area contributed by atoms with E-state index in [-0.39, 0.29) is 17.9 Å². The fraction of sp³-hybridized carbons (Fsp3) is 0.391. The van der Waals surface area contributed by atoms with Crippen LogP contribution in [0.25, 0.3) is 11.4 Å². The van der Waals surface area contributed by atoms with Gasteiger partial charge in [0.1, 0.15) is 6.04 Å². The summed E-state index contributed by atoms with van der Waals surface area (Å²) in [5.41, 5.74) is 1.84. The van der Waals surface area contributed by atoms with E-state index in [0.29, 0.717) is 37.8 Å². The first-order chi connectivity index (χ1) is 15.1. The molecule has 31 heavy (non-hydrogen) atoms. The molecule has 0 saturated carbocycles. The Morgan fingerprint density at radius 2 is 1.87 bits per heavy atom. The first-order valence-electron chi connectivity index (χ1n) is 10.5. The summed E-state index contributed by atoms with van der Waals surface area (Å²) in [6, 6.07) is 9.09. The molecule has 1 aromatic carbocycles. The molecular formula is C23H26N4O4. The summed E-state index contributed by atoms with van der Waals surface area (Å²) in [6.07, 6.45) is 5.15. The number of hydrogen-bond acceptors (Lipinski definition) is 7. The highest BCUT2D eigenvalue weighted by Gasteiger charge is 2.25. The molecule has 4 rings (SSSR count). The maximum absolute atomic E-state index is 12.7. The third-order valence-corrected chi connectivity index (χ3v) is 5.08. The van der Waals surface area contributed by atoms with Crippen molar-refractivity contribution in [2.45, 2.75) is 39.2 Å². The number of amides is 1. The summed E-state index contributed by atoms with van der Waals surface area (Å²) >= 11 is 0.